The molecule has 1 amide bonds. The molecule has 1 heterocycles. The topological polar surface area (TPSA) is 61.4 Å². The number of amides is 1. The van der Waals surface area contributed by atoms with Gasteiger partial charge in [0.05, 0.1) is 18.2 Å². The highest BCUT2D eigenvalue weighted by atomic mass is 19.1. The molecule has 1 aliphatic heterocycles. The lowest BCUT2D eigenvalue weighted by Crippen LogP contribution is -2.41. The van der Waals surface area contributed by atoms with Gasteiger partial charge in [0.1, 0.15) is 5.82 Å². The number of hydrogen-bond donors (Lipinski definition) is 3. The number of benzene rings is 1. The van der Waals surface area contributed by atoms with Gasteiger partial charge in [-0.3, -0.25) is 4.79 Å². The Hall–Kier alpha value is -1.46. The van der Waals surface area contributed by atoms with Crippen molar-refractivity contribution >= 4 is 5.91 Å². The van der Waals surface area contributed by atoms with Gasteiger partial charge in [0.2, 0.25) is 5.91 Å². The molecule has 0 aromatic heterocycles. The molecule has 4 nitrogen and oxygen atoms in total. The van der Waals surface area contributed by atoms with E-state index < -0.39 is 6.10 Å². The highest BCUT2D eigenvalue weighted by Crippen LogP contribution is 2.14. The molecular weight excluding hydrogens is 235 g/mol. The smallest absolute Gasteiger partial charge is 0.237 e. The number of aliphatic hydroxyl groups is 1. The molecule has 0 radical (unpaired) electrons. The Morgan fingerprint density at radius 2 is 2.17 bits per heavy atom. The third-order valence-electron chi connectivity index (χ3n) is 3.15. The molecule has 3 N–H and O–H groups in total. The van der Waals surface area contributed by atoms with Crippen LogP contribution >= 0.6 is 0 Å². The maximum absolute atomic E-state index is 12.8. The first kappa shape index (κ1) is 13.0. The lowest BCUT2D eigenvalue weighted by Gasteiger charge is -2.17. The van der Waals surface area contributed by atoms with Gasteiger partial charge in [-0.2, -0.15) is 0 Å². The number of halogens is 1. The molecule has 0 aliphatic carbocycles. The summed E-state index contributed by atoms with van der Waals surface area (Å²) in [5.74, 6) is -0.429. The molecule has 0 saturated carbocycles. The number of hydrogen-bond acceptors (Lipinski definition) is 3. The Morgan fingerprint density at radius 3 is 2.72 bits per heavy atom. The average molecular weight is 252 g/mol. The molecular formula is C13H17FN2O2. The summed E-state index contributed by atoms with van der Waals surface area (Å²) in [6, 6.07) is 5.51. The molecule has 2 rings (SSSR count). The van der Waals surface area contributed by atoms with Gasteiger partial charge in [-0.05, 0) is 31.0 Å². The number of carbonyl (C=O) groups excluding carboxylic acids is 1. The first-order chi connectivity index (χ1) is 8.56. The standard InChI is InChI=1S/C13H17FN2O2/c1-8(9-2-4-10(14)5-3-9)16-13(18)12-6-11(17)7-15-12/h2-5,8,11-12,15,17H,6-7H2,1H3,(H,16,18)/t8-,11-,12-/m1/s1. The van der Waals surface area contributed by atoms with Crippen LogP contribution in [0.4, 0.5) is 4.39 Å². The van der Waals surface area contributed by atoms with E-state index in [0.717, 1.165) is 5.56 Å². The van der Waals surface area contributed by atoms with Crippen molar-refractivity contribution in [2.75, 3.05) is 6.54 Å². The maximum atomic E-state index is 12.8. The van der Waals surface area contributed by atoms with Gasteiger partial charge in [-0.25, -0.2) is 4.39 Å². The number of aliphatic hydroxyl groups excluding tert-OH is 1. The summed E-state index contributed by atoms with van der Waals surface area (Å²) in [6.45, 7) is 2.29. The fourth-order valence-electron chi connectivity index (χ4n) is 2.07. The predicted octanol–water partition coefficient (Wildman–Crippen LogP) is 0.726. The van der Waals surface area contributed by atoms with E-state index in [1.54, 1.807) is 12.1 Å². The molecule has 1 aromatic carbocycles. The molecule has 3 atom stereocenters. The molecule has 98 valence electrons. The largest absolute Gasteiger partial charge is 0.392 e. The average Bonchev–Trinajstić information content (AvgIpc) is 2.76. The summed E-state index contributed by atoms with van der Waals surface area (Å²) in [6.07, 6.45) is -0.0241. The van der Waals surface area contributed by atoms with Crippen LogP contribution in [0.1, 0.15) is 24.9 Å². The van der Waals surface area contributed by atoms with Gasteiger partial charge in [-0.1, -0.05) is 12.1 Å². The maximum Gasteiger partial charge on any atom is 0.237 e. The van der Waals surface area contributed by atoms with Crippen LogP contribution in [-0.4, -0.2) is 29.7 Å². The monoisotopic (exact) mass is 252 g/mol. The fourth-order valence-corrected chi connectivity index (χ4v) is 2.07. The number of carbonyl (C=O) groups is 1. The Balaban J connectivity index is 1.92. The Kier molecular flexibility index (Phi) is 3.93. The fraction of sp³-hybridized carbons (Fsp3) is 0.462. The molecule has 18 heavy (non-hydrogen) atoms. The van der Waals surface area contributed by atoms with Crippen molar-refractivity contribution in [3.8, 4) is 0 Å². The second-order valence-electron chi connectivity index (χ2n) is 4.63. The van der Waals surface area contributed by atoms with Crippen LogP contribution in [0.25, 0.3) is 0 Å². The first-order valence-corrected chi connectivity index (χ1v) is 6.03. The SMILES string of the molecule is C[C@@H](NC(=O)[C@H]1C[C@@H](O)CN1)c1ccc(F)cc1. The second-order valence-corrected chi connectivity index (χ2v) is 4.63. The third-order valence-corrected chi connectivity index (χ3v) is 3.15. The van der Waals surface area contributed by atoms with Crippen LogP contribution in [0, 0.1) is 5.82 Å². The van der Waals surface area contributed by atoms with E-state index in [1.807, 2.05) is 6.92 Å². The van der Waals surface area contributed by atoms with Crippen LogP contribution < -0.4 is 10.6 Å². The van der Waals surface area contributed by atoms with E-state index in [9.17, 15) is 14.3 Å². The van der Waals surface area contributed by atoms with E-state index in [2.05, 4.69) is 10.6 Å². The minimum absolute atomic E-state index is 0.136. The van der Waals surface area contributed by atoms with E-state index >= 15 is 0 Å². The number of β-amino-alcohol motifs (C(OH)–C–C–N with tert-alkyl or cyclic N) is 1. The lowest BCUT2D eigenvalue weighted by atomic mass is 10.1. The molecule has 1 aromatic rings. The van der Waals surface area contributed by atoms with Crippen molar-refractivity contribution in [2.45, 2.75) is 31.5 Å². The summed E-state index contributed by atoms with van der Waals surface area (Å²) in [7, 11) is 0. The van der Waals surface area contributed by atoms with Gasteiger partial charge in [0.15, 0.2) is 0 Å². The Labute approximate surface area is 105 Å². The van der Waals surface area contributed by atoms with Gasteiger partial charge in [-0.15, -0.1) is 0 Å². The van der Waals surface area contributed by atoms with Crippen molar-refractivity contribution < 1.29 is 14.3 Å². The van der Waals surface area contributed by atoms with Crippen LogP contribution in [0.2, 0.25) is 0 Å². The highest BCUT2D eigenvalue weighted by molar-refractivity contribution is 5.82. The second kappa shape index (κ2) is 5.46. The molecule has 0 unspecified atom stereocenters. The molecule has 1 fully saturated rings. The van der Waals surface area contributed by atoms with Crippen molar-refractivity contribution in [1.29, 1.82) is 0 Å². The minimum atomic E-state index is -0.457. The van der Waals surface area contributed by atoms with Crippen molar-refractivity contribution in [3.05, 3.63) is 35.6 Å². The van der Waals surface area contributed by atoms with Crippen LogP contribution in [0.3, 0.4) is 0 Å². The van der Waals surface area contributed by atoms with Crippen molar-refractivity contribution in [2.24, 2.45) is 0 Å². The molecule has 1 aliphatic rings. The summed E-state index contributed by atoms with van der Waals surface area (Å²) < 4.78 is 12.8. The van der Waals surface area contributed by atoms with Crippen molar-refractivity contribution in [1.82, 2.24) is 10.6 Å². The molecule has 5 heteroatoms. The van der Waals surface area contributed by atoms with E-state index in [0.29, 0.717) is 13.0 Å². The Morgan fingerprint density at radius 1 is 1.50 bits per heavy atom. The normalized spacial score (nSPS) is 24.8. The zero-order chi connectivity index (χ0) is 13.1. The quantitative estimate of drug-likeness (QED) is 0.743. The van der Waals surface area contributed by atoms with Crippen LogP contribution in [0.5, 0.6) is 0 Å². The summed E-state index contributed by atoms with van der Waals surface area (Å²) in [4.78, 5) is 11.9. The van der Waals surface area contributed by atoms with E-state index in [1.165, 1.54) is 12.1 Å². The highest BCUT2D eigenvalue weighted by Gasteiger charge is 2.28. The first-order valence-electron chi connectivity index (χ1n) is 6.03. The lowest BCUT2D eigenvalue weighted by molar-refractivity contribution is -0.123. The van der Waals surface area contributed by atoms with Crippen LogP contribution in [-0.2, 0) is 4.79 Å². The zero-order valence-electron chi connectivity index (χ0n) is 10.2. The molecule has 0 bridgehead atoms. The van der Waals surface area contributed by atoms with Gasteiger partial charge in [0, 0.05) is 6.54 Å². The Bertz CT molecular complexity index is 422. The van der Waals surface area contributed by atoms with Crippen LogP contribution in [0.15, 0.2) is 24.3 Å². The molecule has 1 saturated heterocycles. The zero-order valence-corrected chi connectivity index (χ0v) is 10.2. The number of nitrogens with one attached hydrogen (secondary N) is 2. The van der Waals surface area contributed by atoms with E-state index in [-0.39, 0.29) is 23.8 Å². The summed E-state index contributed by atoms with van der Waals surface area (Å²) >= 11 is 0. The summed E-state index contributed by atoms with van der Waals surface area (Å²) in [5.41, 5.74) is 0.850. The van der Waals surface area contributed by atoms with Crippen molar-refractivity contribution in [3.63, 3.8) is 0 Å². The van der Waals surface area contributed by atoms with Gasteiger partial charge in [0.25, 0.3) is 0 Å². The summed E-state index contributed by atoms with van der Waals surface area (Å²) in [5, 5.41) is 15.1. The third kappa shape index (κ3) is 3.05. The van der Waals surface area contributed by atoms with Gasteiger partial charge < -0.3 is 15.7 Å². The van der Waals surface area contributed by atoms with E-state index in [4.69, 9.17) is 0 Å². The minimum Gasteiger partial charge on any atom is -0.392 e. The number of rotatable bonds is 3. The molecule has 0 spiro atoms. The van der Waals surface area contributed by atoms with Gasteiger partial charge >= 0.3 is 0 Å². The predicted molar refractivity (Wildman–Crippen MR) is 65.4 cm³/mol.